The highest BCUT2D eigenvalue weighted by molar-refractivity contribution is 7.13. The zero-order chi connectivity index (χ0) is 11.4. The molecule has 0 N–H and O–H groups in total. The van der Waals surface area contributed by atoms with Gasteiger partial charge in [0.15, 0.2) is 10.9 Å². The Morgan fingerprint density at radius 1 is 1.25 bits per heavy atom. The second-order valence-corrected chi connectivity index (χ2v) is 5.16. The smallest absolute Gasteiger partial charge is 0.185 e. The van der Waals surface area contributed by atoms with Crippen LogP contribution in [0.25, 0.3) is 0 Å². The molecular formula is C12H18N2OS. The van der Waals surface area contributed by atoms with E-state index in [-0.39, 0.29) is 5.78 Å². The van der Waals surface area contributed by atoms with E-state index in [1.807, 2.05) is 5.38 Å². The number of thiazole rings is 1. The summed E-state index contributed by atoms with van der Waals surface area (Å²) in [5.41, 5.74) is 0.613. The maximum atomic E-state index is 11.2. The molecule has 1 aromatic heterocycles. The van der Waals surface area contributed by atoms with Crippen molar-refractivity contribution in [3.63, 3.8) is 0 Å². The Morgan fingerprint density at radius 2 is 1.88 bits per heavy atom. The van der Waals surface area contributed by atoms with Crippen LogP contribution in [0.5, 0.6) is 0 Å². The van der Waals surface area contributed by atoms with E-state index >= 15 is 0 Å². The summed E-state index contributed by atoms with van der Waals surface area (Å²) >= 11 is 1.59. The van der Waals surface area contributed by atoms with Crippen molar-refractivity contribution in [1.82, 2.24) is 4.98 Å². The average molecular weight is 238 g/mol. The second-order valence-electron chi connectivity index (χ2n) is 4.33. The minimum absolute atomic E-state index is 0.0644. The molecule has 0 bridgehead atoms. The largest absolute Gasteiger partial charge is 0.348 e. The number of hydrogen-bond donors (Lipinski definition) is 0. The molecule has 1 aromatic rings. The van der Waals surface area contributed by atoms with Crippen molar-refractivity contribution in [2.75, 3.05) is 18.0 Å². The lowest BCUT2D eigenvalue weighted by Crippen LogP contribution is -2.26. The first kappa shape index (κ1) is 11.6. The molecule has 2 heterocycles. The molecule has 0 aromatic carbocycles. The standard InChI is InChI=1S/C12H18N2OS/c1-10(15)11-9-16-12(13-11)14-7-5-3-2-4-6-8-14/h9H,2-8H2,1H3. The Kier molecular flexibility index (Phi) is 3.93. The SMILES string of the molecule is CC(=O)c1csc(N2CCCCCCC2)n1. The first-order valence-corrected chi connectivity index (χ1v) is 6.87. The van der Waals surface area contributed by atoms with Crippen molar-refractivity contribution in [3.05, 3.63) is 11.1 Å². The van der Waals surface area contributed by atoms with E-state index in [2.05, 4.69) is 9.88 Å². The van der Waals surface area contributed by atoms with Gasteiger partial charge in [0.05, 0.1) is 0 Å². The van der Waals surface area contributed by atoms with Gasteiger partial charge < -0.3 is 4.90 Å². The average Bonchev–Trinajstić information content (AvgIpc) is 2.66. The van der Waals surface area contributed by atoms with Crippen LogP contribution in [0.2, 0.25) is 0 Å². The lowest BCUT2D eigenvalue weighted by atomic mass is 10.1. The topological polar surface area (TPSA) is 33.2 Å². The molecule has 3 nitrogen and oxygen atoms in total. The second kappa shape index (κ2) is 5.43. The number of hydrogen-bond acceptors (Lipinski definition) is 4. The molecule has 1 saturated heterocycles. The molecule has 0 unspecified atom stereocenters. The summed E-state index contributed by atoms with van der Waals surface area (Å²) in [5.74, 6) is 0.0644. The van der Waals surface area contributed by atoms with Crippen molar-refractivity contribution in [2.45, 2.75) is 39.0 Å². The third kappa shape index (κ3) is 2.82. The number of anilines is 1. The molecular weight excluding hydrogens is 220 g/mol. The van der Waals surface area contributed by atoms with Crippen LogP contribution in [0.15, 0.2) is 5.38 Å². The maximum Gasteiger partial charge on any atom is 0.185 e. The molecule has 0 amide bonds. The van der Waals surface area contributed by atoms with Crippen LogP contribution in [0, 0.1) is 0 Å². The van der Waals surface area contributed by atoms with Gasteiger partial charge in [-0.05, 0) is 12.8 Å². The van der Waals surface area contributed by atoms with E-state index < -0.39 is 0 Å². The van der Waals surface area contributed by atoms with Crippen LogP contribution in [0.4, 0.5) is 5.13 Å². The van der Waals surface area contributed by atoms with Gasteiger partial charge in [-0.3, -0.25) is 4.79 Å². The van der Waals surface area contributed by atoms with Crippen molar-refractivity contribution < 1.29 is 4.79 Å². The molecule has 16 heavy (non-hydrogen) atoms. The Bertz CT molecular complexity index is 354. The van der Waals surface area contributed by atoms with E-state index in [9.17, 15) is 4.79 Å². The van der Waals surface area contributed by atoms with Crippen LogP contribution in [0.3, 0.4) is 0 Å². The van der Waals surface area contributed by atoms with Gasteiger partial charge in [-0.25, -0.2) is 4.98 Å². The molecule has 0 spiro atoms. The van der Waals surface area contributed by atoms with Crippen LogP contribution < -0.4 is 4.90 Å². The lowest BCUT2D eigenvalue weighted by Gasteiger charge is -2.23. The monoisotopic (exact) mass is 238 g/mol. The van der Waals surface area contributed by atoms with Gasteiger partial charge in [0.25, 0.3) is 0 Å². The van der Waals surface area contributed by atoms with Crippen molar-refractivity contribution in [3.8, 4) is 0 Å². The van der Waals surface area contributed by atoms with Crippen LogP contribution in [0.1, 0.15) is 49.5 Å². The molecule has 0 radical (unpaired) electrons. The van der Waals surface area contributed by atoms with Crippen LogP contribution >= 0.6 is 11.3 Å². The van der Waals surface area contributed by atoms with Gasteiger partial charge in [0, 0.05) is 25.4 Å². The lowest BCUT2D eigenvalue weighted by molar-refractivity contribution is 0.101. The minimum atomic E-state index is 0.0644. The number of rotatable bonds is 2. The summed E-state index contributed by atoms with van der Waals surface area (Å²) in [6, 6.07) is 0. The highest BCUT2D eigenvalue weighted by atomic mass is 32.1. The molecule has 1 fully saturated rings. The normalized spacial score (nSPS) is 17.9. The Morgan fingerprint density at radius 3 is 2.44 bits per heavy atom. The first-order valence-electron chi connectivity index (χ1n) is 5.99. The van der Waals surface area contributed by atoms with Crippen LogP contribution in [-0.4, -0.2) is 23.9 Å². The van der Waals surface area contributed by atoms with E-state index in [1.54, 1.807) is 18.3 Å². The summed E-state index contributed by atoms with van der Waals surface area (Å²) < 4.78 is 0. The van der Waals surface area contributed by atoms with Gasteiger partial charge in [0.1, 0.15) is 5.69 Å². The van der Waals surface area contributed by atoms with E-state index in [4.69, 9.17) is 0 Å². The highest BCUT2D eigenvalue weighted by Gasteiger charge is 2.13. The fraction of sp³-hybridized carbons (Fsp3) is 0.667. The quantitative estimate of drug-likeness (QED) is 0.742. The molecule has 4 heteroatoms. The third-order valence-electron chi connectivity index (χ3n) is 2.98. The molecule has 1 aliphatic rings. The summed E-state index contributed by atoms with van der Waals surface area (Å²) in [6.45, 7) is 3.75. The molecule has 88 valence electrons. The van der Waals surface area contributed by atoms with Gasteiger partial charge in [-0.1, -0.05) is 19.3 Å². The summed E-state index contributed by atoms with van der Waals surface area (Å²) in [5, 5.41) is 2.89. The number of aromatic nitrogens is 1. The van der Waals surface area contributed by atoms with E-state index in [0.717, 1.165) is 18.2 Å². The van der Waals surface area contributed by atoms with E-state index in [0.29, 0.717) is 5.69 Å². The molecule has 0 atom stereocenters. The van der Waals surface area contributed by atoms with Crippen molar-refractivity contribution >= 4 is 22.3 Å². The predicted molar refractivity (Wildman–Crippen MR) is 67.4 cm³/mol. The maximum absolute atomic E-state index is 11.2. The summed E-state index contributed by atoms with van der Waals surface area (Å²) in [6.07, 6.45) is 6.50. The van der Waals surface area contributed by atoms with Gasteiger partial charge in [-0.2, -0.15) is 0 Å². The Labute approximate surface area is 100 Å². The number of carbonyl (C=O) groups excluding carboxylic acids is 1. The number of ketones is 1. The Balaban J connectivity index is 2.05. The van der Waals surface area contributed by atoms with Crippen molar-refractivity contribution in [1.29, 1.82) is 0 Å². The number of carbonyl (C=O) groups is 1. The van der Waals surface area contributed by atoms with Crippen molar-refractivity contribution in [2.24, 2.45) is 0 Å². The first-order chi connectivity index (χ1) is 7.77. The fourth-order valence-corrected chi connectivity index (χ4v) is 2.93. The molecule has 0 aliphatic carbocycles. The van der Waals surface area contributed by atoms with E-state index in [1.165, 1.54) is 32.1 Å². The zero-order valence-corrected chi connectivity index (χ0v) is 10.6. The molecule has 1 aliphatic heterocycles. The third-order valence-corrected chi connectivity index (χ3v) is 3.88. The Hall–Kier alpha value is -0.900. The zero-order valence-electron chi connectivity index (χ0n) is 9.74. The predicted octanol–water partition coefficient (Wildman–Crippen LogP) is 3.12. The van der Waals surface area contributed by atoms with Gasteiger partial charge in [-0.15, -0.1) is 11.3 Å². The fourth-order valence-electron chi connectivity index (χ4n) is 2.01. The van der Waals surface area contributed by atoms with Gasteiger partial charge >= 0.3 is 0 Å². The molecule has 0 saturated carbocycles. The molecule has 2 rings (SSSR count). The summed E-state index contributed by atoms with van der Waals surface area (Å²) in [4.78, 5) is 17.9. The number of nitrogens with zero attached hydrogens (tertiary/aromatic N) is 2. The minimum Gasteiger partial charge on any atom is -0.348 e. The highest BCUT2D eigenvalue weighted by Crippen LogP contribution is 2.23. The summed E-state index contributed by atoms with van der Waals surface area (Å²) in [7, 11) is 0. The number of Topliss-reactive ketones (excluding diaryl/α,β-unsaturated/α-hetero) is 1. The van der Waals surface area contributed by atoms with Crippen LogP contribution in [-0.2, 0) is 0 Å². The van der Waals surface area contributed by atoms with Gasteiger partial charge in [0.2, 0.25) is 0 Å².